The summed E-state index contributed by atoms with van der Waals surface area (Å²) >= 11 is 0. The van der Waals surface area contributed by atoms with Crippen molar-refractivity contribution in [2.75, 3.05) is 6.61 Å². The van der Waals surface area contributed by atoms with E-state index in [4.69, 9.17) is 9.84 Å². The monoisotopic (exact) mass is 218 g/mol. The first kappa shape index (κ1) is 12.6. The Morgan fingerprint density at radius 3 is 2.20 bits per heavy atom. The Labute approximate surface area is 88.6 Å². The first-order chi connectivity index (χ1) is 7.11. The minimum atomic E-state index is -1.27. The van der Waals surface area contributed by atoms with Crippen LogP contribution in [-0.2, 0) is 4.74 Å². The second kappa shape index (κ2) is 5.58. The third-order valence-corrected chi connectivity index (χ3v) is 2.65. The molecule has 0 aromatic rings. The Hall–Kier alpha value is -0.460. The zero-order valence-electron chi connectivity index (χ0n) is 8.49. The van der Waals surface area contributed by atoms with Crippen molar-refractivity contribution in [1.82, 2.24) is 0 Å². The standard InChI is InChI=1S/C10H18O5/c1-2-3-4-6-8(12)10(14)9(13)7(5-11)15-6/h2,6-14H,1,3-5H2/t6-,7+,8-,9+,10+/m0/s1. The maximum absolute atomic E-state index is 9.60. The first-order valence-corrected chi connectivity index (χ1v) is 5.03. The lowest BCUT2D eigenvalue weighted by molar-refractivity contribution is -0.230. The molecule has 0 aromatic heterocycles. The van der Waals surface area contributed by atoms with Crippen LogP contribution in [0.5, 0.6) is 0 Å². The van der Waals surface area contributed by atoms with Gasteiger partial charge in [-0.25, -0.2) is 0 Å². The van der Waals surface area contributed by atoms with E-state index < -0.39 is 30.5 Å². The van der Waals surface area contributed by atoms with Gasteiger partial charge in [0.05, 0.1) is 12.7 Å². The van der Waals surface area contributed by atoms with Crippen LogP contribution < -0.4 is 0 Å². The fourth-order valence-electron chi connectivity index (χ4n) is 1.70. The number of aliphatic hydroxyl groups is 4. The summed E-state index contributed by atoms with van der Waals surface area (Å²) in [4.78, 5) is 0. The van der Waals surface area contributed by atoms with E-state index in [2.05, 4.69) is 6.58 Å². The van der Waals surface area contributed by atoms with E-state index in [-0.39, 0.29) is 6.61 Å². The summed E-state index contributed by atoms with van der Waals surface area (Å²) in [6, 6.07) is 0. The summed E-state index contributed by atoms with van der Waals surface area (Å²) in [6.07, 6.45) is -2.22. The molecule has 1 aliphatic heterocycles. The van der Waals surface area contributed by atoms with Crippen molar-refractivity contribution in [3.63, 3.8) is 0 Å². The van der Waals surface area contributed by atoms with Gasteiger partial charge in [-0.05, 0) is 12.8 Å². The quantitative estimate of drug-likeness (QED) is 0.445. The molecule has 0 radical (unpaired) electrons. The van der Waals surface area contributed by atoms with Crippen LogP contribution in [-0.4, -0.2) is 57.6 Å². The van der Waals surface area contributed by atoms with Gasteiger partial charge >= 0.3 is 0 Å². The molecule has 0 aliphatic carbocycles. The normalized spacial score (nSPS) is 41.5. The molecule has 1 heterocycles. The third kappa shape index (κ3) is 2.76. The fraction of sp³-hybridized carbons (Fsp3) is 0.800. The third-order valence-electron chi connectivity index (χ3n) is 2.65. The summed E-state index contributed by atoms with van der Waals surface area (Å²) in [6.45, 7) is 3.17. The van der Waals surface area contributed by atoms with E-state index >= 15 is 0 Å². The zero-order chi connectivity index (χ0) is 11.4. The average Bonchev–Trinajstić information content (AvgIpc) is 2.25. The molecular formula is C10H18O5. The molecule has 0 spiro atoms. The van der Waals surface area contributed by atoms with Gasteiger partial charge < -0.3 is 25.2 Å². The van der Waals surface area contributed by atoms with Gasteiger partial charge in [0.2, 0.25) is 0 Å². The minimum Gasteiger partial charge on any atom is -0.394 e. The Morgan fingerprint density at radius 1 is 1.07 bits per heavy atom. The molecule has 1 aliphatic rings. The molecule has 0 bridgehead atoms. The molecule has 1 rings (SSSR count). The highest BCUT2D eigenvalue weighted by Crippen LogP contribution is 2.23. The summed E-state index contributed by atoms with van der Waals surface area (Å²) < 4.78 is 5.27. The second-order valence-electron chi connectivity index (χ2n) is 3.73. The highest BCUT2D eigenvalue weighted by atomic mass is 16.5. The summed E-state index contributed by atoms with van der Waals surface area (Å²) in [5.74, 6) is 0. The van der Waals surface area contributed by atoms with Gasteiger partial charge in [-0.3, -0.25) is 0 Å². The van der Waals surface area contributed by atoms with Crippen LogP contribution in [0.25, 0.3) is 0 Å². The summed E-state index contributed by atoms with van der Waals surface area (Å²) in [7, 11) is 0. The number of aliphatic hydroxyl groups excluding tert-OH is 4. The van der Waals surface area contributed by atoms with Crippen LogP contribution in [0, 0.1) is 0 Å². The van der Waals surface area contributed by atoms with E-state index in [1.807, 2.05) is 0 Å². The largest absolute Gasteiger partial charge is 0.394 e. The molecule has 0 aromatic carbocycles. The summed E-state index contributed by atoms with van der Waals surface area (Å²) in [5, 5.41) is 37.4. The van der Waals surface area contributed by atoms with Gasteiger partial charge in [-0.1, -0.05) is 6.08 Å². The van der Waals surface area contributed by atoms with E-state index in [1.54, 1.807) is 6.08 Å². The number of hydrogen-bond acceptors (Lipinski definition) is 5. The molecule has 5 heteroatoms. The molecule has 5 atom stereocenters. The number of allylic oxidation sites excluding steroid dienone is 1. The molecule has 0 saturated carbocycles. The van der Waals surface area contributed by atoms with Crippen LogP contribution in [0.3, 0.4) is 0 Å². The van der Waals surface area contributed by atoms with Crippen molar-refractivity contribution in [1.29, 1.82) is 0 Å². The number of ether oxygens (including phenoxy) is 1. The predicted molar refractivity (Wildman–Crippen MR) is 53.2 cm³/mol. The van der Waals surface area contributed by atoms with E-state index in [1.165, 1.54) is 0 Å². The Bertz CT molecular complexity index is 206. The average molecular weight is 218 g/mol. The van der Waals surface area contributed by atoms with Crippen molar-refractivity contribution in [2.45, 2.75) is 43.4 Å². The smallest absolute Gasteiger partial charge is 0.111 e. The van der Waals surface area contributed by atoms with Crippen LogP contribution in [0.1, 0.15) is 12.8 Å². The Kier molecular flexibility index (Phi) is 4.69. The Morgan fingerprint density at radius 2 is 1.67 bits per heavy atom. The van der Waals surface area contributed by atoms with Crippen molar-refractivity contribution in [3.8, 4) is 0 Å². The molecular weight excluding hydrogens is 200 g/mol. The van der Waals surface area contributed by atoms with Gasteiger partial charge in [-0.2, -0.15) is 0 Å². The second-order valence-corrected chi connectivity index (χ2v) is 3.73. The van der Waals surface area contributed by atoms with Crippen LogP contribution >= 0.6 is 0 Å². The van der Waals surface area contributed by atoms with Crippen molar-refractivity contribution >= 4 is 0 Å². The SMILES string of the molecule is C=CCC[C@@H]1O[C@H](CO)[C@@H](O)[C@H](O)[C@H]1O. The zero-order valence-corrected chi connectivity index (χ0v) is 8.49. The maximum atomic E-state index is 9.60. The van der Waals surface area contributed by atoms with E-state index in [0.717, 1.165) is 0 Å². The van der Waals surface area contributed by atoms with Gasteiger partial charge in [0.15, 0.2) is 0 Å². The van der Waals surface area contributed by atoms with Gasteiger partial charge in [-0.15, -0.1) is 6.58 Å². The topological polar surface area (TPSA) is 90.2 Å². The molecule has 1 fully saturated rings. The number of rotatable bonds is 4. The maximum Gasteiger partial charge on any atom is 0.111 e. The molecule has 0 unspecified atom stereocenters. The Balaban J connectivity index is 2.60. The molecule has 88 valence electrons. The summed E-state index contributed by atoms with van der Waals surface area (Å²) in [5.41, 5.74) is 0. The van der Waals surface area contributed by atoms with Crippen molar-refractivity contribution in [3.05, 3.63) is 12.7 Å². The van der Waals surface area contributed by atoms with Crippen LogP contribution in [0.15, 0.2) is 12.7 Å². The minimum absolute atomic E-state index is 0.379. The van der Waals surface area contributed by atoms with Crippen LogP contribution in [0.4, 0.5) is 0 Å². The predicted octanol–water partition coefficient (Wildman–Crippen LogP) is -1.21. The lowest BCUT2D eigenvalue weighted by Crippen LogP contribution is -2.58. The highest BCUT2D eigenvalue weighted by Gasteiger charge is 2.42. The molecule has 15 heavy (non-hydrogen) atoms. The molecule has 5 nitrogen and oxygen atoms in total. The lowest BCUT2D eigenvalue weighted by atomic mass is 9.93. The lowest BCUT2D eigenvalue weighted by Gasteiger charge is -2.40. The fourth-order valence-corrected chi connectivity index (χ4v) is 1.70. The van der Waals surface area contributed by atoms with E-state index in [0.29, 0.717) is 12.8 Å². The molecule has 1 saturated heterocycles. The molecule has 4 N–H and O–H groups in total. The van der Waals surface area contributed by atoms with Crippen LogP contribution in [0.2, 0.25) is 0 Å². The van der Waals surface area contributed by atoms with E-state index in [9.17, 15) is 15.3 Å². The van der Waals surface area contributed by atoms with Crippen molar-refractivity contribution < 1.29 is 25.2 Å². The van der Waals surface area contributed by atoms with Gasteiger partial charge in [0, 0.05) is 0 Å². The van der Waals surface area contributed by atoms with Gasteiger partial charge in [0.25, 0.3) is 0 Å². The first-order valence-electron chi connectivity index (χ1n) is 5.03. The van der Waals surface area contributed by atoms with Gasteiger partial charge in [0.1, 0.15) is 24.4 Å². The number of hydrogen-bond donors (Lipinski definition) is 4. The van der Waals surface area contributed by atoms with Crippen molar-refractivity contribution in [2.24, 2.45) is 0 Å². The molecule has 0 amide bonds. The highest BCUT2D eigenvalue weighted by molar-refractivity contribution is 4.92.